The maximum atomic E-state index is 12.2. The van der Waals surface area contributed by atoms with E-state index < -0.39 is 19.0 Å². The van der Waals surface area contributed by atoms with Gasteiger partial charge in [0.05, 0.1) is 25.2 Å². The molecule has 0 spiro atoms. The molecule has 0 atom stereocenters. The zero-order chi connectivity index (χ0) is 13.7. The first-order chi connectivity index (χ1) is 8.47. The molecule has 0 bridgehead atoms. The van der Waals surface area contributed by atoms with Gasteiger partial charge in [0.25, 0.3) is 0 Å². The first-order valence-electron chi connectivity index (χ1n) is 4.75. The molecule has 7 heteroatoms. The first-order valence-corrected chi connectivity index (χ1v) is 4.75. The van der Waals surface area contributed by atoms with E-state index in [0.717, 1.165) is 6.07 Å². The van der Waals surface area contributed by atoms with E-state index in [2.05, 4.69) is 4.74 Å². The van der Waals surface area contributed by atoms with Gasteiger partial charge in [-0.25, -0.2) is 0 Å². The lowest BCUT2D eigenvalue weighted by Gasteiger charge is -2.13. The number of alkyl halides is 2. The highest BCUT2D eigenvalue weighted by atomic mass is 19.3. The molecule has 1 aromatic rings. The molecule has 0 amide bonds. The zero-order valence-corrected chi connectivity index (χ0v) is 9.31. The van der Waals surface area contributed by atoms with Crippen molar-refractivity contribution in [2.45, 2.75) is 13.0 Å². The highest BCUT2D eigenvalue weighted by Gasteiger charge is 2.18. The number of carboxylic acids is 1. The molecule has 0 saturated carbocycles. The Morgan fingerprint density at radius 3 is 2.56 bits per heavy atom. The van der Waals surface area contributed by atoms with Gasteiger partial charge in [0.1, 0.15) is 11.5 Å². The fourth-order valence-corrected chi connectivity index (χ4v) is 1.39. The molecule has 0 aliphatic carbocycles. The second kappa shape index (κ2) is 5.82. The first kappa shape index (κ1) is 13.7. The molecule has 0 radical (unpaired) electrons. The van der Waals surface area contributed by atoms with Crippen LogP contribution in [0.15, 0.2) is 12.1 Å². The van der Waals surface area contributed by atoms with E-state index in [1.165, 1.54) is 13.2 Å². The molecule has 0 fully saturated rings. The fourth-order valence-electron chi connectivity index (χ4n) is 1.39. The average molecular weight is 257 g/mol. The van der Waals surface area contributed by atoms with Gasteiger partial charge < -0.3 is 14.6 Å². The lowest BCUT2D eigenvalue weighted by molar-refractivity contribution is -0.136. The number of carbonyl (C=O) groups is 1. The number of hydrogen-bond acceptors (Lipinski definition) is 4. The number of aliphatic carboxylic acids is 1. The predicted molar refractivity (Wildman–Crippen MR) is 55.7 cm³/mol. The molecule has 1 rings (SSSR count). The van der Waals surface area contributed by atoms with Crippen LogP contribution >= 0.6 is 0 Å². The van der Waals surface area contributed by atoms with Crippen molar-refractivity contribution in [3.05, 3.63) is 23.3 Å². The molecule has 96 valence electrons. The number of halogens is 2. The average Bonchev–Trinajstić information content (AvgIpc) is 2.29. The minimum atomic E-state index is -3.11. The Balaban J connectivity index is 3.32. The Morgan fingerprint density at radius 1 is 1.50 bits per heavy atom. The minimum Gasteiger partial charge on any atom is -0.496 e. The summed E-state index contributed by atoms with van der Waals surface area (Å²) in [4.78, 5) is 10.7. The molecule has 0 heterocycles. The number of nitriles is 1. The van der Waals surface area contributed by atoms with Crippen LogP contribution in [0.25, 0.3) is 0 Å². The van der Waals surface area contributed by atoms with Gasteiger partial charge >= 0.3 is 12.6 Å². The van der Waals surface area contributed by atoms with Crippen molar-refractivity contribution in [1.29, 1.82) is 5.26 Å². The quantitative estimate of drug-likeness (QED) is 0.869. The lowest BCUT2D eigenvalue weighted by atomic mass is 10.1. The van der Waals surface area contributed by atoms with Crippen molar-refractivity contribution in [2.24, 2.45) is 0 Å². The monoisotopic (exact) mass is 257 g/mol. The van der Waals surface area contributed by atoms with Crippen LogP contribution in [-0.2, 0) is 11.2 Å². The van der Waals surface area contributed by atoms with Crippen molar-refractivity contribution in [1.82, 2.24) is 0 Å². The van der Waals surface area contributed by atoms with Crippen molar-refractivity contribution in [3.63, 3.8) is 0 Å². The van der Waals surface area contributed by atoms with Crippen molar-refractivity contribution >= 4 is 5.97 Å². The van der Waals surface area contributed by atoms with Gasteiger partial charge in [-0.1, -0.05) is 0 Å². The normalized spacial score (nSPS) is 9.94. The topological polar surface area (TPSA) is 79.5 Å². The van der Waals surface area contributed by atoms with Crippen LogP contribution < -0.4 is 9.47 Å². The fraction of sp³-hybridized carbons (Fsp3) is 0.273. The van der Waals surface area contributed by atoms with E-state index in [-0.39, 0.29) is 22.6 Å². The summed E-state index contributed by atoms with van der Waals surface area (Å²) in [5.41, 5.74) is 0.000869. The molecule has 18 heavy (non-hydrogen) atoms. The van der Waals surface area contributed by atoms with Gasteiger partial charge in [0, 0.05) is 5.56 Å². The maximum Gasteiger partial charge on any atom is 0.387 e. The number of rotatable bonds is 5. The molecule has 0 aliphatic heterocycles. The summed E-state index contributed by atoms with van der Waals surface area (Å²) in [6.45, 7) is -3.11. The summed E-state index contributed by atoms with van der Waals surface area (Å²) in [5, 5.41) is 17.4. The van der Waals surface area contributed by atoms with Crippen molar-refractivity contribution < 1.29 is 28.2 Å². The van der Waals surface area contributed by atoms with Crippen LogP contribution in [0, 0.1) is 11.3 Å². The van der Waals surface area contributed by atoms with E-state index >= 15 is 0 Å². The van der Waals surface area contributed by atoms with Crippen LogP contribution in [0.3, 0.4) is 0 Å². The Kier molecular flexibility index (Phi) is 4.43. The maximum absolute atomic E-state index is 12.2. The molecule has 0 aliphatic rings. The molecule has 0 saturated heterocycles. The standard InChI is InChI=1S/C11H9F2NO4/c1-17-8-2-6(5-14)3-9(18-11(12)13)7(8)4-10(15)16/h2-3,11H,4H2,1H3,(H,15,16). The van der Waals surface area contributed by atoms with E-state index in [4.69, 9.17) is 15.1 Å². The van der Waals surface area contributed by atoms with Crippen LogP contribution in [0.2, 0.25) is 0 Å². The number of ether oxygens (including phenoxy) is 2. The predicted octanol–water partition coefficient (Wildman–Crippen LogP) is 1.80. The largest absolute Gasteiger partial charge is 0.496 e. The number of hydrogen-bond donors (Lipinski definition) is 1. The highest BCUT2D eigenvalue weighted by Crippen LogP contribution is 2.32. The molecular formula is C11H9F2NO4. The van der Waals surface area contributed by atoms with Gasteiger partial charge in [0.2, 0.25) is 0 Å². The lowest BCUT2D eigenvalue weighted by Crippen LogP contribution is -2.09. The summed E-state index contributed by atoms with van der Waals surface area (Å²) in [7, 11) is 1.24. The van der Waals surface area contributed by atoms with Crippen molar-refractivity contribution in [3.8, 4) is 17.6 Å². The molecule has 0 unspecified atom stereocenters. The van der Waals surface area contributed by atoms with Crippen LogP contribution in [0.1, 0.15) is 11.1 Å². The summed E-state index contributed by atoms with van der Waals surface area (Å²) in [6, 6.07) is 4.05. The molecule has 1 aromatic carbocycles. The number of benzene rings is 1. The van der Waals surface area contributed by atoms with Crippen LogP contribution in [-0.4, -0.2) is 24.8 Å². The van der Waals surface area contributed by atoms with E-state index in [1.807, 2.05) is 0 Å². The second-order valence-electron chi connectivity index (χ2n) is 3.22. The highest BCUT2D eigenvalue weighted by molar-refractivity contribution is 5.73. The third-order valence-electron chi connectivity index (χ3n) is 2.06. The van der Waals surface area contributed by atoms with Crippen molar-refractivity contribution in [2.75, 3.05) is 7.11 Å². The van der Waals surface area contributed by atoms with Gasteiger partial charge in [-0.3, -0.25) is 4.79 Å². The molecule has 0 aromatic heterocycles. The van der Waals surface area contributed by atoms with Gasteiger partial charge in [-0.05, 0) is 12.1 Å². The summed E-state index contributed by atoms with van der Waals surface area (Å²) < 4.78 is 33.5. The number of nitrogens with zero attached hydrogens (tertiary/aromatic N) is 1. The van der Waals surface area contributed by atoms with E-state index in [9.17, 15) is 13.6 Å². The number of carboxylic acid groups (broad SMARTS) is 1. The van der Waals surface area contributed by atoms with Gasteiger partial charge in [-0.15, -0.1) is 0 Å². The van der Waals surface area contributed by atoms with Gasteiger partial charge in [0.15, 0.2) is 0 Å². The summed E-state index contributed by atoms with van der Waals surface area (Å²) >= 11 is 0. The van der Waals surface area contributed by atoms with Crippen LogP contribution in [0.4, 0.5) is 8.78 Å². The van der Waals surface area contributed by atoms with E-state index in [1.54, 1.807) is 6.07 Å². The van der Waals surface area contributed by atoms with Crippen LogP contribution in [0.5, 0.6) is 11.5 Å². The third-order valence-corrected chi connectivity index (χ3v) is 2.06. The third kappa shape index (κ3) is 3.31. The summed E-state index contributed by atoms with van der Waals surface area (Å²) in [5.74, 6) is -1.58. The Morgan fingerprint density at radius 2 is 2.11 bits per heavy atom. The minimum absolute atomic E-state index is 0.0205. The molecule has 1 N–H and O–H groups in total. The number of methoxy groups -OCH3 is 1. The Hall–Kier alpha value is -2.36. The Labute approximate surface area is 101 Å². The summed E-state index contributed by atoms with van der Waals surface area (Å²) in [6.07, 6.45) is -0.545. The second-order valence-corrected chi connectivity index (χ2v) is 3.22. The van der Waals surface area contributed by atoms with Gasteiger partial charge in [-0.2, -0.15) is 14.0 Å². The SMILES string of the molecule is COc1cc(C#N)cc(OC(F)F)c1CC(=O)O. The Bertz CT molecular complexity index is 497. The zero-order valence-electron chi connectivity index (χ0n) is 9.31. The van der Waals surface area contributed by atoms with E-state index in [0.29, 0.717) is 0 Å². The molecule has 5 nitrogen and oxygen atoms in total. The molecular weight excluding hydrogens is 248 g/mol. The smallest absolute Gasteiger partial charge is 0.387 e.